The van der Waals surface area contributed by atoms with E-state index in [1.54, 1.807) is 23.3 Å². The molecule has 22 heavy (non-hydrogen) atoms. The van der Waals surface area contributed by atoms with E-state index in [9.17, 15) is 9.59 Å². The highest BCUT2D eigenvalue weighted by Gasteiger charge is 2.32. The highest BCUT2D eigenvalue weighted by Crippen LogP contribution is 2.23. The molecule has 1 atom stereocenters. The van der Waals surface area contributed by atoms with Crippen LogP contribution in [0.3, 0.4) is 0 Å². The number of carbonyl (C=O) groups excluding carboxylic acids is 2. The maximum atomic E-state index is 12.5. The smallest absolute Gasteiger partial charge is 0.243 e. The minimum Gasteiger partial charge on any atom is -0.467 e. The van der Waals surface area contributed by atoms with Crippen molar-refractivity contribution >= 4 is 11.8 Å². The zero-order chi connectivity index (χ0) is 15.5. The Morgan fingerprint density at radius 3 is 2.68 bits per heavy atom. The van der Waals surface area contributed by atoms with Crippen LogP contribution in [0.25, 0.3) is 0 Å². The van der Waals surface area contributed by atoms with E-state index >= 15 is 0 Å². The lowest BCUT2D eigenvalue weighted by molar-refractivity contribution is -0.140. The van der Waals surface area contributed by atoms with Gasteiger partial charge >= 0.3 is 0 Å². The number of nitrogens with zero attached hydrogens (tertiary/aromatic N) is 1. The molecule has 1 aliphatic rings. The van der Waals surface area contributed by atoms with Crippen LogP contribution in [-0.2, 0) is 29.1 Å². The molecule has 5 heteroatoms. The predicted octanol–water partition coefficient (Wildman–Crippen LogP) is 1.87. The van der Waals surface area contributed by atoms with Gasteiger partial charge in [-0.2, -0.15) is 0 Å². The van der Waals surface area contributed by atoms with Crippen LogP contribution in [0.4, 0.5) is 0 Å². The van der Waals surface area contributed by atoms with Crippen molar-refractivity contribution in [3.05, 3.63) is 59.5 Å². The first kappa shape index (κ1) is 14.4. The Hall–Kier alpha value is -2.56. The molecule has 2 aromatic rings. The molecule has 5 nitrogen and oxygen atoms in total. The van der Waals surface area contributed by atoms with Crippen LogP contribution in [0.15, 0.2) is 47.1 Å². The number of carbonyl (C=O) groups is 2. The predicted molar refractivity (Wildman–Crippen MR) is 80.7 cm³/mol. The molecule has 3 rings (SSSR count). The van der Waals surface area contributed by atoms with E-state index in [-0.39, 0.29) is 11.8 Å². The largest absolute Gasteiger partial charge is 0.467 e. The van der Waals surface area contributed by atoms with Crippen molar-refractivity contribution in [2.24, 2.45) is 0 Å². The van der Waals surface area contributed by atoms with Crippen LogP contribution in [0.5, 0.6) is 0 Å². The van der Waals surface area contributed by atoms with Gasteiger partial charge in [0.25, 0.3) is 0 Å². The minimum atomic E-state index is -0.470. The molecule has 1 aliphatic heterocycles. The average molecular weight is 298 g/mol. The summed E-state index contributed by atoms with van der Waals surface area (Å²) in [5.41, 5.74) is 2.23. The molecular formula is C17H18N2O3. The molecule has 0 radical (unpaired) electrons. The molecule has 114 valence electrons. The number of hydrogen-bond acceptors (Lipinski definition) is 3. The molecular weight excluding hydrogens is 280 g/mol. The summed E-state index contributed by atoms with van der Waals surface area (Å²) in [5.74, 6) is 0.452. The van der Waals surface area contributed by atoms with Crippen LogP contribution >= 0.6 is 0 Å². The van der Waals surface area contributed by atoms with Gasteiger partial charge in [0.05, 0.1) is 12.8 Å². The highest BCUT2D eigenvalue weighted by atomic mass is 16.3. The Kier molecular flexibility index (Phi) is 3.96. The molecule has 1 aromatic carbocycles. The third-order valence-electron chi connectivity index (χ3n) is 3.97. The van der Waals surface area contributed by atoms with E-state index in [0.29, 0.717) is 25.3 Å². The highest BCUT2D eigenvalue weighted by molar-refractivity contribution is 5.87. The van der Waals surface area contributed by atoms with Gasteiger partial charge in [0.2, 0.25) is 11.8 Å². The van der Waals surface area contributed by atoms with Gasteiger partial charge in [-0.3, -0.25) is 9.59 Å². The molecule has 0 bridgehead atoms. The second-order valence-corrected chi connectivity index (χ2v) is 5.43. The van der Waals surface area contributed by atoms with Gasteiger partial charge < -0.3 is 14.6 Å². The van der Waals surface area contributed by atoms with E-state index < -0.39 is 6.04 Å². The van der Waals surface area contributed by atoms with Crippen molar-refractivity contribution in [1.82, 2.24) is 10.2 Å². The summed E-state index contributed by atoms with van der Waals surface area (Å²) >= 11 is 0. The first-order valence-electron chi connectivity index (χ1n) is 7.29. The van der Waals surface area contributed by atoms with Gasteiger partial charge in [0.1, 0.15) is 11.8 Å². The molecule has 0 saturated heterocycles. The van der Waals surface area contributed by atoms with Gasteiger partial charge in [-0.05, 0) is 23.3 Å². The average Bonchev–Trinajstić information content (AvgIpc) is 3.04. The topological polar surface area (TPSA) is 62.6 Å². The summed E-state index contributed by atoms with van der Waals surface area (Å²) in [4.78, 5) is 26.0. The Bertz CT molecular complexity index is 679. The van der Waals surface area contributed by atoms with Gasteiger partial charge in [-0.15, -0.1) is 0 Å². The normalized spacial score (nSPS) is 17.0. The van der Waals surface area contributed by atoms with E-state index in [4.69, 9.17) is 4.42 Å². The Balaban J connectivity index is 1.75. The lowest BCUT2D eigenvalue weighted by Crippen LogP contribution is -2.51. The van der Waals surface area contributed by atoms with E-state index in [0.717, 1.165) is 11.1 Å². The number of furan rings is 1. The van der Waals surface area contributed by atoms with E-state index in [1.165, 1.54) is 6.92 Å². The number of rotatable bonds is 3. The van der Waals surface area contributed by atoms with Crippen molar-refractivity contribution in [2.75, 3.05) is 0 Å². The second kappa shape index (κ2) is 6.05. The SMILES string of the molecule is CC(=O)N1Cc2ccccc2CC1C(=O)NCc1ccco1. The number of nitrogens with one attached hydrogen (secondary N) is 1. The van der Waals surface area contributed by atoms with Gasteiger partial charge in [0, 0.05) is 19.9 Å². The van der Waals surface area contributed by atoms with Crippen molar-refractivity contribution in [2.45, 2.75) is 32.5 Å². The first-order chi connectivity index (χ1) is 10.6. The standard InChI is InChI=1S/C17H18N2O3/c1-12(20)19-11-14-6-3-2-5-13(14)9-16(19)17(21)18-10-15-7-4-8-22-15/h2-8,16H,9-11H2,1H3,(H,18,21). The number of hydrogen-bond donors (Lipinski definition) is 1. The van der Waals surface area contributed by atoms with Gasteiger partial charge in [0.15, 0.2) is 0 Å². The Morgan fingerprint density at radius 2 is 2.00 bits per heavy atom. The summed E-state index contributed by atoms with van der Waals surface area (Å²) in [6.45, 7) is 2.31. The molecule has 0 saturated carbocycles. The van der Waals surface area contributed by atoms with E-state index in [2.05, 4.69) is 5.32 Å². The van der Waals surface area contributed by atoms with Crippen LogP contribution in [-0.4, -0.2) is 22.8 Å². The molecule has 0 fully saturated rings. The number of amides is 2. The van der Waals surface area contributed by atoms with Gasteiger partial charge in [-0.25, -0.2) is 0 Å². The summed E-state index contributed by atoms with van der Waals surface area (Å²) in [6, 6.07) is 11.0. The molecule has 0 spiro atoms. The fourth-order valence-electron chi connectivity index (χ4n) is 2.79. The maximum absolute atomic E-state index is 12.5. The molecule has 2 amide bonds. The maximum Gasteiger partial charge on any atom is 0.243 e. The zero-order valence-corrected chi connectivity index (χ0v) is 12.4. The van der Waals surface area contributed by atoms with Crippen molar-refractivity contribution in [3.8, 4) is 0 Å². The number of fused-ring (bicyclic) bond motifs is 1. The molecule has 2 heterocycles. The molecule has 0 aliphatic carbocycles. The zero-order valence-electron chi connectivity index (χ0n) is 12.4. The van der Waals surface area contributed by atoms with Crippen molar-refractivity contribution < 1.29 is 14.0 Å². The monoisotopic (exact) mass is 298 g/mol. The van der Waals surface area contributed by atoms with Gasteiger partial charge in [-0.1, -0.05) is 24.3 Å². The van der Waals surface area contributed by atoms with Crippen molar-refractivity contribution in [3.63, 3.8) is 0 Å². The van der Waals surface area contributed by atoms with Crippen LogP contribution < -0.4 is 5.32 Å². The minimum absolute atomic E-state index is 0.0901. The lowest BCUT2D eigenvalue weighted by atomic mass is 9.93. The Labute approximate surface area is 128 Å². The fourth-order valence-corrected chi connectivity index (χ4v) is 2.79. The lowest BCUT2D eigenvalue weighted by Gasteiger charge is -2.35. The first-order valence-corrected chi connectivity index (χ1v) is 7.29. The Morgan fingerprint density at radius 1 is 1.23 bits per heavy atom. The summed E-state index contributed by atoms with van der Waals surface area (Å²) in [6.07, 6.45) is 2.11. The summed E-state index contributed by atoms with van der Waals surface area (Å²) in [7, 11) is 0. The second-order valence-electron chi connectivity index (χ2n) is 5.43. The fraction of sp³-hybridized carbons (Fsp3) is 0.294. The van der Waals surface area contributed by atoms with Crippen molar-refractivity contribution in [1.29, 1.82) is 0 Å². The summed E-state index contributed by atoms with van der Waals surface area (Å²) in [5, 5.41) is 2.84. The third-order valence-corrected chi connectivity index (χ3v) is 3.97. The summed E-state index contributed by atoms with van der Waals surface area (Å²) < 4.78 is 5.21. The van der Waals surface area contributed by atoms with Crippen LogP contribution in [0.2, 0.25) is 0 Å². The number of benzene rings is 1. The quantitative estimate of drug-likeness (QED) is 0.941. The van der Waals surface area contributed by atoms with Crippen LogP contribution in [0, 0.1) is 0 Å². The van der Waals surface area contributed by atoms with E-state index in [1.807, 2.05) is 24.3 Å². The molecule has 1 N–H and O–H groups in total. The molecule has 1 unspecified atom stereocenters. The molecule has 1 aromatic heterocycles. The third kappa shape index (κ3) is 2.88. The van der Waals surface area contributed by atoms with Crippen LogP contribution in [0.1, 0.15) is 23.8 Å².